The molecule has 0 saturated carbocycles. The first-order chi connectivity index (χ1) is 8.06. The number of aromatic hydroxyl groups is 1. The van der Waals surface area contributed by atoms with Crippen molar-refractivity contribution >= 4 is 5.78 Å². The van der Waals surface area contributed by atoms with Gasteiger partial charge in [-0.05, 0) is 6.54 Å². The minimum Gasteiger partial charge on any atom is -0.504 e. The fraction of sp³-hybridized carbons (Fsp3) is 0.364. The smallest absolute Gasteiger partial charge is 0.175 e. The molecular weight excluding hydrogens is 229 g/mol. The lowest BCUT2D eigenvalue weighted by Crippen LogP contribution is -2.11. The molecule has 0 aromatic heterocycles. The molecule has 94 valence electrons. The molecule has 0 aliphatic heterocycles. The fourth-order valence-corrected chi connectivity index (χ4v) is 1.47. The van der Waals surface area contributed by atoms with Crippen molar-refractivity contribution in [2.24, 2.45) is 5.73 Å². The molecule has 0 atom stereocenters. The zero-order chi connectivity index (χ0) is 13.0. The van der Waals surface area contributed by atoms with Gasteiger partial charge in [-0.3, -0.25) is 4.79 Å². The standard InChI is InChI=1S/C11H14FNO4/c1-16-8-5-6(12)10(15)9(11(8)17-2)7(14)3-4-13/h5,15H,3-4,13H2,1-2H3. The molecule has 0 unspecified atom stereocenters. The number of benzene rings is 1. The topological polar surface area (TPSA) is 81.8 Å². The first kappa shape index (κ1) is 13.2. The van der Waals surface area contributed by atoms with Gasteiger partial charge >= 0.3 is 0 Å². The van der Waals surface area contributed by atoms with E-state index < -0.39 is 17.3 Å². The summed E-state index contributed by atoms with van der Waals surface area (Å²) < 4.78 is 23.2. The first-order valence-corrected chi connectivity index (χ1v) is 4.93. The number of carbonyl (C=O) groups is 1. The van der Waals surface area contributed by atoms with Crippen molar-refractivity contribution in [3.63, 3.8) is 0 Å². The second-order valence-corrected chi connectivity index (χ2v) is 3.28. The maximum absolute atomic E-state index is 13.4. The maximum atomic E-state index is 13.4. The highest BCUT2D eigenvalue weighted by Crippen LogP contribution is 2.39. The van der Waals surface area contributed by atoms with Gasteiger partial charge in [-0.15, -0.1) is 0 Å². The summed E-state index contributed by atoms with van der Waals surface area (Å²) in [4.78, 5) is 11.7. The second kappa shape index (κ2) is 5.49. The van der Waals surface area contributed by atoms with Crippen LogP contribution in [0.15, 0.2) is 6.07 Å². The molecular formula is C11H14FNO4. The third kappa shape index (κ3) is 2.47. The van der Waals surface area contributed by atoms with E-state index in [1.807, 2.05) is 0 Å². The van der Waals surface area contributed by atoms with Crippen LogP contribution < -0.4 is 15.2 Å². The second-order valence-electron chi connectivity index (χ2n) is 3.28. The van der Waals surface area contributed by atoms with Gasteiger partial charge in [-0.2, -0.15) is 0 Å². The number of rotatable bonds is 5. The summed E-state index contributed by atoms with van der Waals surface area (Å²) in [5.41, 5.74) is 5.01. The minimum absolute atomic E-state index is 0.00449. The Labute approximate surface area is 97.9 Å². The number of hydrogen-bond donors (Lipinski definition) is 2. The van der Waals surface area contributed by atoms with Crippen LogP contribution in [0, 0.1) is 5.82 Å². The molecule has 3 N–H and O–H groups in total. The average molecular weight is 243 g/mol. The van der Waals surface area contributed by atoms with Crippen molar-refractivity contribution in [1.29, 1.82) is 0 Å². The Morgan fingerprint density at radius 3 is 2.59 bits per heavy atom. The lowest BCUT2D eigenvalue weighted by molar-refractivity contribution is 0.0978. The Morgan fingerprint density at radius 1 is 1.47 bits per heavy atom. The predicted octanol–water partition coefficient (Wildman–Crippen LogP) is 1.08. The van der Waals surface area contributed by atoms with Crippen LogP contribution in [0.25, 0.3) is 0 Å². The number of phenolic OH excluding ortho intramolecular Hbond substituents is 1. The van der Waals surface area contributed by atoms with Gasteiger partial charge in [-0.1, -0.05) is 0 Å². The number of ether oxygens (including phenoxy) is 2. The van der Waals surface area contributed by atoms with Crippen molar-refractivity contribution in [2.45, 2.75) is 6.42 Å². The fourth-order valence-electron chi connectivity index (χ4n) is 1.47. The molecule has 0 spiro atoms. The molecule has 0 heterocycles. The Morgan fingerprint density at radius 2 is 2.12 bits per heavy atom. The molecule has 1 rings (SSSR count). The van der Waals surface area contributed by atoms with Crippen molar-refractivity contribution in [2.75, 3.05) is 20.8 Å². The summed E-state index contributed by atoms with van der Waals surface area (Å²) in [5.74, 6) is -2.14. The molecule has 6 heteroatoms. The number of halogens is 1. The number of Topliss-reactive ketones (excluding diaryl/α,β-unsaturated/α-hetero) is 1. The van der Waals surface area contributed by atoms with Crippen LogP contribution in [-0.2, 0) is 0 Å². The number of nitrogens with two attached hydrogens (primary N) is 1. The van der Waals surface area contributed by atoms with Gasteiger partial charge in [0, 0.05) is 12.5 Å². The molecule has 0 fully saturated rings. The molecule has 0 aliphatic rings. The SMILES string of the molecule is COc1cc(F)c(O)c(C(=O)CCN)c1OC. The van der Waals surface area contributed by atoms with Gasteiger partial charge in [0.25, 0.3) is 0 Å². The van der Waals surface area contributed by atoms with Crippen molar-refractivity contribution in [3.05, 3.63) is 17.4 Å². The highest BCUT2D eigenvalue weighted by Gasteiger charge is 2.24. The molecule has 0 aliphatic carbocycles. The number of hydrogen-bond acceptors (Lipinski definition) is 5. The number of ketones is 1. The molecule has 1 aromatic carbocycles. The molecule has 0 saturated heterocycles. The average Bonchev–Trinajstić information content (AvgIpc) is 2.31. The van der Waals surface area contributed by atoms with E-state index in [-0.39, 0.29) is 30.0 Å². The Kier molecular flexibility index (Phi) is 4.28. The van der Waals surface area contributed by atoms with E-state index in [9.17, 15) is 14.3 Å². The monoisotopic (exact) mass is 243 g/mol. The molecule has 1 aromatic rings. The van der Waals surface area contributed by atoms with Crippen LogP contribution >= 0.6 is 0 Å². The lowest BCUT2D eigenvalue weighted by Gasteiger charge is -2.13. The summed E-state index contributed by atoms with van der Waals surface area (Å²) in [7, 11) is 2.61. The first-order valence-electron chi connectivity index (χ1n) is 4.93. The minimum atomic E-state index is -0.942. The molecule has 5 nitrogen and oxygen atoms in total. The number of carbonyl (C=O) groups excluding carboxylic acids is 1. The van der Waals surface area contributed by atoms with Crippen LogP contribution in [0.1, 0.15) is 16.8 Å². The largest absolute Gasteiger partial charge is 0.504 e. The summed E-state index contributed by atoms with van der Waals surface area (Å²) in [6.45, 7) is 0.0975. The molecule has 17 heavy (non-hydrogen) atoms. The summed E-state index contributed by atoms with van der Waals surface area (Å²) in [6.07, 6.45) is -0.0173. The van der Waals surface area contributed by atoms with Gasteiger partial charge in [0.15, 0.2) is 28.8 Å². The van der Waals surface area contributed by atoms with Crippen LogP contribution in [0.3, 0.4) is 0 Å². The third-order valence-corrected chi connectivity index (χ3v) is 2.25. The van der Waals surface area contributed by atoms with Crippen molar-refractivity contribution < 1.29 is 23.8 Å². The Hall–Kier alpha value is -1.82. The van der Waals surface area contributed by atoms with Gasteiger partial charge in [0.1, 0.15) is 5.56 Å². The summed E-state index contributed by atoms with van der Waals surface area (Å²) in [6, 6.07) is 0.952. The van der Waals surface area contributed by atoms with E-state index in [1.54, 1.807) is 0 Å². The van der Waals surface area contributed by atoms with E-state index in [1.165, 1.54) is 14.2 Å². The molecule has 0 radical (unpaired) electrons. The molecule has 0 bridgehead atoms. The normalized spacial score (nSPS) is 10.1. The van der Waals surface area contributed by atoms with Gasteiger partial charge in [0.2, 0.25) is 0 Å². The van der Waals surface area contributed by atoms with E-state index in [4.69, 9.17) is 15.2 Å². The number of methoxy groups -OCH3 is 2. The predicted molar refractivity (Wildman–Crippen MR) is 59.2 cm³/mol. The number of phenols is 1. The van der Waals surface area contributed by atoms with E-state index in [2.05, 4.69) is 0 Å². The Balaban J connectivity index is 3.43. The van der Waals surface area contributed by atoms with Crippen LogP contribution in [0.2, 0.25) is 0 Å². The molecule has 0 amide bonds. The van der Waals surface area contributed by atoms with Gasteiger partial charge in [-0.25, -0.2) is 4.39 Å². The van der Waals surface area contributed by atoms with Crippen LogP contribution in [0.5, 0.6) is 17.2 Å². The van der Waals surface area contributed by atoms with Gasteiger partial charge < -0.3 is 20.3 Å². The lowest BCUT2D eigenvalue weighted by atomic mass is 10.0. The van der Waals surface area contributed by atoms with E-state index in [0.29, 0.717) is 0 Å². The van der Waals surface area contributed by atoms with Crippen LogP contribution in [0.4, 0.5) is 4.39 Å². The zero-order valence-corrected chi connectivity index (χ0v) is 9.62. The summed E-state index contributed by atoms with van der Waals surface area (Å²) >= 11 is 0. The van der Waals surface area contributed by atoms with E-state index >= 15 is 0 Å². The van der Waals surface area contributed by atoms with Crippen molar-refractivity contribution in [3.8, 4) is 17.2 Å². The Bertz CT molecular complexity index is 434. The van der Waals surface area contributed by atoms with Crippen molar-refractivity contribution in [1.82, 2.24) is 0 Å². The van der Waals surface area contributed by atoms with E-state index in [0.717, 1.165) is 6.07 Å². The highest BCUT2D eigenvalue weighted by atomic mass is 19.1. The maximum Gasteiger partial charge on any atom is 0.175 e. The third-order valence-electron chi connectivity index (χ3n) is 2.25. The quantitative estimate of drug-likeness (QED) is 0.756. The van der Waals surface area contributed by atoms with Gasteiger partial charge in [0.05, 0.1) is 14.2 Å². The zero-order valence-electron chi connectivity index (χ0n) is 9.62. The summed E-state index contributed by atoms with van der Waals surface area (Å²) in [5, 5.41) is 9.55. The van der Waals surface area contributed by atoms with Crippen LogP contribution in [-0.4, -0.2) is 31.7 Å². The highest BCUT2D eigenvalue weighted by molar-refractivity contribution is 6.02.